The molecule has 0 aliphatic carbocycles. The molecular formula is C23H29N3O5. The zero-order chi connectivity index (χ0) is 22.2. The second-order valence-corrected chi connectivity index (χ2v) is 7.49. The summed E-state index contributed by atoms with van der Waals surface area (Å²) in [7, 11) is 4.58. The highest BCUT2D eigenvalue weighted by atomic mass is 16.5. The zero-order valence-corrected chi connectivity index (χ0v) is 18.2. The average Bonchev–Trinajstić information content (AvgIpc) is 2.82. The molecule has 0 bridgehead atoms. The molecule has 2 aromatic rings. The van der Waals surface area contributed by atoms with E-state index < -0.39 is 0 Å². The minimum absolute atomic E-state index is 0.0262. The number of nitrogens with zero attached hydrogens (tertiary/aromatic N) is 2. The predicted molar refractivity (Wildman–Crippen MR) is 115 cm³/mol. The first kappa shape index (κ1) is 22.4. The number of rotatable bonds is 8. The molecule has 31 heavy (non-hydrogen) atoms. The minimum atomic E-state index is -0.0845. The van der Waals surface area contributed by atoms with Crippen LogP contribution in [-0.2, 0) is 11.3 Å². The van der Waals surface area contributed by atoms with Crippen molar-refractivity contribution in [3.05, 3.63) is 47.8 Å². The van der Waals surface area contributed by atoms with E-state index in [0.717, 1.165) is 18.4 Å². The van der Waals surface area contributed by atoms with Gasteiger partial charge in [0, 0.05) is 44.0 Å². The number of pyridine rings is 1. The number of amides is 2. The van der Waals surface area contributed by atoms with Crippen molar-refractivity contribution < 1.29 is 23.8 Å². The van der Waals surface area contributed by atoms with E-state index in [2.05, 4.69) is 10.3 Å². The smallest absolute Gasteiger partial charge is 0.254 e. The highest BCUT2D eigenvalue weighted by Crippen LogP contribution is 2.38. The van der Waals surface area contributed by atoms with E-state index in [1.165, 1.54) is 21.3 Å². The Morgan fingerprint density at radius 3 is 2.32 bits per heavy atom. The summed E-state index contributed by atoms with van der Waals surface area (Å²) < 4.78 is 16.0. The van der Waals surface area contributed by atoms with Gasteiger partial charge in [-0.25, -0.2) is 0 Å². The number of carbonyl (C=O) groups is 2. The third-order valence-corrected chi connectivity index (χ3v) is 5.50. The van der Waals surface area contributed by atoms with E-state index in [9.17, 15) is 9.59 Å². The lowest BCUT2D eigenvalue weighted by atomic mass is 9.92. The third-order valence-electron chi connectivity index (χ3n) is 5.50. The summed E-state index contributed by atoms with van der Waals surface area (Å²) in [6.45, 7) is 1.69. The fourth-order valence-corrected chi connectivity index (χ4v) is 3.77. The number of hydrogen-bond donors (Lipinski definition) is 1. The van der Waals surface area contributed by atoms with Crippen LogP contribution in [0.3, 0.4) is 0 Å². The summed E-state index contributed by atoms with van der Waals surface area (Å²) >= 11 is 0. The Morgan fingerprint density at radius 1 is 1.10 bits per heavy atom. The van der Waals surface area contributed by atoms with Crippen molar-refractivity contribution in [3.63, 3.8) is 0 Å². The van der Waals surface area contributed by atoms with E-state index >= 15 is 0 Å². The van der Waals surface area contributed by atoms with Crippen LogP contribution in [-0.4, -0.2) is 56.1 Å². The minimum Gasteiger partial charge on any atom is -0.493 e. The third kappa shape index (κ3) is 5.65. The van der Waals surface area contributed by atoms with Crippen molar-refractivity contribution in [2.75, 3.05) is 34.4 Å². The molecule has 1 aromatic heterocycles. The topological polar surface area (TPSA) is 90.0 Å². The highest BCUT2D eigenvalue weighted by Gasteiger charge is 2.26. The van der Waals surface area contributed by atoms with Crippen molar-refractivity contribution in [2.24, 2.45) is 5.92 Å². The quantitative estimate of drug-likeness (QED) is 0.697. The number of carbonyl (C=O) groups excluding carboxylic acids is 2. The molecule has 0 saturated carbocycles. The average molecular weight is 428 g/mol. The molecule has 2 amide bonds. The van der Waals surface area contributed by atoms with Gasteiger partial charge in [0.05, 0.1) is 21.3 Å². The molecule has 1 N–H and O–H groups in total. The molecular weight excluding hydrogens is 398 g/mol. The maximum Gasteiger partial charge on any atom is 0.254 e. The van der Waals surface area contributed by atoms with Gasteiger partial charge in [0.25, 0.3) is 5.91 Å². The van der Waals surface area contributed by atoms with Crippen molar-refractivity contribution in [1.82, 2.24) is 15.2 Å². The molecule has 1 fully saturated rings. The van der Waals surface area contributed by atoms with Gasteiger partial charge in [-0.1, -0.05) is 6.07 Å². The molecule has 1 aromatic carbocycles. The Kier molecular flexibility index (Phi) is 7.70. The van der Waals surface area contributed by atoms with Gasteiger partial charge in [-0.05, 0) is 42.5 Å². The number of hydrogen-bond acceptors (Lipinski definition) is 6. The fourth-order valence-electron chi connectivity index (χ4n) is 3.77. The second kappa shape index (κ2) is 10.7. The van der Waals surface area contributed by atoms with Crippen molar-refractivity contribution >= 4 is 11.8 Å². The number of aromatic nitrogens is 1. The van der Waals surface area contributed by atoms with Crippen LogP contribution in [0, 0.1) is 5.92 Å². The molecule has 166 valence electrons. The largest absolute Gasteiger partial charge is 0.493 e. The Bertz CT molecular complexity index is 870. The molecule has 8 nitrogen and oxygen atoms in total. The number of ether oxygens (including phenoxy) is 3. The standard InChI is InChI=1S/C23H29N3O5/c1-29-19-12-18(13-20(30-2)22(19)31-3)23(28)26-9-6-16(7-10-26)11-21(27)25-15-17-5-4-8-24-14-17/h4-5,8,12-14,16H,6-7,9-11,15H2,1-3H3,(H,25,27). The Hall–Kier alpha value is -3.29. The normalized spacial score (nSPS) is 14.1. The number of nitrogens with one attached hydrogen (secondary N) is 1. The Labute approximate surface area is 182 Å². The summed E-state index contributed by atoms with van der Waals surface area (Å²) in [4.78, 5) is 31.1. The van der Waals surface area contributed by atoms with Gasteiger partial charge < -0.3 is 24.4 Å². The van der Waals surface area contributed by atoms with Crippen LogP contribution in [0.25, 0.3) is 0 Å². The molecule has 2 heterocycles. The van der Waals surface area contributed by atoms with Crippen LogP contribution in [0.15, 0.2) is 36.7 Å². The summed E-state index contributed by atoms with van der Waals surface area (Å²) in [6, 6.07) is 7.12. The first-order chi connectivity index (χ1) is 15.0. The summed E-state index contributed by atoms with van der Waals surface area (Å²) in [5, 5.41) is 2.94. The Morgan fingerprint density at radius 2 is 1.77 bits per heavy atom. The molecule has 0 unspecified atom stereocenters. The maximum atomic E-state index is 13.0. The van der Waals surface area contributed by atoms with Crippen LogP contribution in [0.5, 0.6) is 17.2 Å². The number of benzene rings is 1. The van der Waals surface area contributed by atoms with Gasteiger partial charge >= 0.3 is 0 Å². The predicted octanol–water partition coefficient (Wildman–Crippen LogP) is 2.67. The molecule has 0 radical (unpaired) electrons. The first-order valence-corrected chi connectivity index (χ1v) is 10.3. The lowest BCUT2D eigenvalue weighted by molar-refractivity contribution is -0.122. The first-order valence-electron chi connectivity index (χ1n) is 10.3. The SMILES string of the molecule is COc1cc(C(=O)N2CCC(CC(=O)NCc3cccnc3)CC2)cc(OC)c1OC. The van der Waals surface area contributed by atoms with E-state index in [0.29, 0.717) is 48.9 Å². The molecule has 1 aliphatic rings. The zero-order valence-electron chi connectivity index (χ0n) is 18.2. The molecule has 0 atom stereocenters. The molecule has 1 saturated heterocycles. The van der Waals surface area contributed by atoms with Crippen molar-refractivity contribution in [3.8, 4) is 17.2 Å². The van der Waals surface area contributed by atoms with Crippen LogP contribution in [0.1, 0.15) is 35.2 Å². The van der Waals surface area contributed by atoms with Gasteiger partial charge in [0.2, 0.25) is 11.7 Å². The summed E-state index contributed by atoms with van der Waals surface area (Å²) in [5.74, 6) is 1.56. The monoisotopic (exact) mass is 427 g/mol. The lowest BCUT2D eigenvalue weighted by Gasteiger charge is -2.32. The molecule has 8 heteroatoms. The van der Waals surface area contributed by atoms with Crippen LogP contribution < -0.4 is 19.5 Å². The van der Waals surface area contributed by atoms with Crippen molar-refractivity contribution in [2.45, 2.75) is 25.8 Å². The molecule has 0 spiro atoms. The fraction of sp³-hybridized carbons (Fsp3) is 0.435. The van der Waals surface area contributed by atoms with Gasteiger partial charge in [-0.2, -0.15) is 0 Å². The van der Waals surface area contributed by atoms with Gasteiger partial charge in [0.1, 0.15) is 0 Å². The van der Waals surface area contributed by atoms with Crippen LogP contribution in [0.2, 0.25) is 0 Å². The van der Waals surface area contributed by atoms with E-state index in [-0.39, 0.29) is 17.7 Å². The van der Waals surface area contributed by atoms with Gasteiger partial charge in [-0.15, -0.1) is 0 Å². The second-order valence-electron chi connectivity index (χ2n) is 7.49. The van der Waals surface area contributed by atoms with Gasteiger partial charge in [-0.3, -0.25) is 14.6 Å². The summed E-state index contributed by atoms with van der Waals surface area (Å²) in [5.41, 5.74) is 1.46. The number of piperidine rings is 1. The van der Waals surface area contributed by atoms with Crippen LogP contribution >= 0.6 is 0 Å². The highest BCUT2D eigenvalue weighted by molar-refractivity contribution is 5.95. The molecule has 3 rings (SSSR count). The van der Waals surface area contributed by atoms with E-state index in [1.54, 1.807) is 24.5 Å². The van der Waals surface area contributed by atoms with Gasteiger partial charge in [0.15, 0.2) is 11.5 Å². The van der Waals surface area contributed by atoms with E-state index in [1.807, 2.05) is 17.0 Å². The molecule has 1 aliphatic heterocycles. The summed E-state index contributed by atoms with van der Waals surface area (Å²) in [6.07, 6.45) is 5.49. The lowest BCUT2D eigenvalue weighted by Crippen LogP contribution is -2.39. The number of methoxy groups -OCH3 is 3. The Balaban J connectivity index is 1.53. The van der Waals surface area contributed by atoms with Crippen molar-refractivity contribution in [1.29, 1.82) is 0 Å². The maximum absolute atomic E-state index is 13.0. The van der Waals surface area contributed by atoms with E-state index in [4.69, 9.17) is 14.2 Å². The van der Waals surface area contributed by atoms with Crippen LogP contribution in [0.4, 0.5) is 0 Å². The number of likely N-dealkylation sites (tertiary alicyclic amines) is 1.